The zero-order valence-corrected chi connectivity index (χ0v) is 17.9. The molecule has 0 radical (unpaired) electrons. The van der Waals surface area contributed by atoms with Crippen LogP contribution in [0.15, 0.2) is 65.8 Å². The third-order valence-corrected chi connectivity index (χ3v) is 5.83. The molecule has 28 heavy (non-hydrogen) atoms. The molecule has 3 rings (SSSR count). The molecule has 1 aliphatic rings. The molecular weight excluding hydrogens is 392 g/mol. The summed E-state index contributed by atoms with van der Waals surface area (Å²) in [5, 5.41) is 4.80. The molecule has 0 spiro atoms. The van der Waals surface area contributed by atoms with Crippen molar-refractivity contribution in [3.05, 3.63) is 60.7 Å². The number of amides is 1. The fourth-order valence-corrected chi connectivity index (χ4v) is 3.99. The minimum atomic E-state index is -0.616. The number of benzene rings is 2. The van der Waals surface area contributed by atoms with E-state index in [1.807, 2.05) is 80.8 Å². The van der Waals surface area contributed by atoms with Crippen molar-refractivity contribution in [2.45, 2.75) is 31.3 Å². The minimum absolute atomic E-state index is 0.107. The summed E-state index contributed by atoms with van der Waals surface area (Å²) in [5.74, 6) is -0.107. The van der Waals surface area contributed by atoms with Gasteiger partial charge in [-0.2, -0.15) is 5.10 Å². The maximum Gasteiger partial charge on any atom is 0.245 e. The number of hydrogen-bond acceptors (Lipinski definition) is 5. The second-order valence-electron chi connectivity index (χ2n) is 6.79. The number of nitrogens with zero attached hydrogens (tertiary/aromatic N) is 3. The highest BCUT2D eigenvalue weighted by atomic mass is 35.5. The third-order valence-electron chi connectivity index (χ3n) is 4.70. The standard InChI is InChI=1S/C21H25ClN4OS/c1-4-18(22)19(27)25(16-11-7-5-8-12-16)15-21(2)24-23-20(28-3)26(21)17-13-9-6-10-14-17/h5-14,18,24H,4,15H2,1-3H3. The highest BCUT2D eigenvalue weighted by Gasteiger charge is 2.43. The molecule has 0 saturated carbocycles. The van der Waals surface area contributed by atoms with Gasteiger partial charge in [-0.3, -0.25) is 15.1 Å². The van der Waals surface area contributed by atoms with Crippen LogP contribution in [0.3, 0.4) is 0 Å². The first-order valence-electron chi connectivity index (χ1n) is 9.25. The molecule has 1 N–H and O–H groups in total. The number of hydrazone groups is 1. The number of nitrogens with one attached hydrogen (secondary N) is 1. The number of halogens is 1. The summed E-state index contributed by atoms with van der Waals surface area (Å²) in [5.41, 5.74) is 4.47. The molecule has 1 aliphatic heterocycles. The van der Waals surface area contributed by atoms with E-state index in [4.69, 9.17) is 11.6 Å². The van der Waals surface area contributed by atoms with E-state index >= 15 is 0 Å². The number of hydrogen-bond donors (Lipinski definition) is 1. The van der Waals surface area contributed by atoms with Crippen molar-refractivity contribution in [3.8, 4) is 0 Å². The van der Waals surface area contributed by atoms with Gasteiger partial charge in [0.15, 0.2) is 5.17 Å². The monoisotopic (exact) mass is 416 g/mol. The van der Waals surface area contributed by atoms with Gasteiger partial charge in [0, 0.05) is 11.4 Å². The Morgan fingerprint density at radius 3 is 2.39 bits per heavy atom. The fourth-order valence-electron chi connectivity index (χ4n) is 3.25. The number of para-hydroxylation sites is 2. The summed E-state index contributed by atoms with van der Waals surface area (Å²) in [6.07, 6.45) is 2.57. The highest BCUT2D eigenvalue weighted by Crippen LogP contribution is 2.32. The molecular formula is C21H25ClN4OS. The first-order valence-corrected chi connectivity index (χ1v) is 10.9. The zero-order chi connectivity index (χ0) is 20.1. The summed E-state index contributed by atoms with van der Waals surface area (Å²) < 4.78 is 0. The van der Waals surface area contributed by atoms with E-state index in [-0.39, 0.29) is 5.91 Å². The van der Waals surface area contributed by atoms with Crippen molar-refractivity contribution < 1.29 is 4.79 Å². The zero-order valence-electron chi connectivity index (χ0n) is 16.3. The summed E-state index contributed by atoms with van der Waals surface area (Å²) >= 11 is 7.91. The predicted molar refractivity (Wildman–Crippen MR) is 120 cm³/mol. The lowest BCUT2D eigenvalue weighted by atomic mass is 10.1. The highest BCUT2D eigenvalue weighted by molar-refractivity contribution is 8.13. The number of thioether (sulfide) groups is 1. The minimum Gasteiger partial charge on any atom is -0.307 e. The SMILES string of the molecule is CCC(Cl)C(=O)N(CC1(C)NN=C(SC)N1c1ccccc1)c1ccccc1. The van der Waals surface area contributed by atoms with E-state index in [2.05, 4.69) is 15.4 Å². The largest absolute Gasteiger partial charge is 0.307 e. The van der Waals surface area contributed by atoms with Crippen LogP contribution in [0.2, 0.25) is 0 Å². The van der Waals surface area contributed by atoms with Crippen LogP contribution < -0.4 is 15.2 Å². The van der Waals surface area contributed by atoms with Crippen molar-refractivity contribution in [3.63, 3.8) is 0 Å². The van der Waals surface area contributed by atoms with Gasteiger partial charge in [0.05, 0.1) is 6.54 Å². The summed E-state index contributed by atoms with van der Waals surface area (Å²) in [7, 11) is 0. The second kappa shape index (κ2) is 8.88. The molecule has 2 atom stereocenters. The molecule has 148 valence electrons. The Hall–Kier alpha value is -2.18. The van der Waals surface area contributed by atoms with Crippen LogP contribution in [0.25, 0.3) is 0 Å². The van der Waals surface area contributed by atoms with Crippen molar-refractivity contribution in [1.29, 1.82) is 0 Å². The summed E-state index contributed by atoms with van der Waals surface area (Å²) in [6.45, 7) is 4.35. The van der Waals surface area contributed by atoms with Gasteiger partial charge in [0.1, 0.15) is 11.0 Å². The topological polar surface area (TPSA) is 47.9 Å². The molecule has 0 fully saturated rings. The number of rotatable bonds is 6. The molecule has 1 heterocycles. The number of carbonyl (C=O) groups excluding carboxylic acids is 1. The van der Waals surface area contributed by atoms with E-state index in [1.54, 1.807) is 16.7 Å². The quantitative estimate of drug-likeness (QED) is 0.704. The van der Waals surface area contributed by atoms with E-state index in [1.165, 1.54) is 0 Å². The third kappa shape index (κ3) is 4.13. The van der Waals surface area contributed by atoms with Crippen molar-refractivity contribution in [2.24, 2.45) is 5.10 Å². The van der Waals surface area contributed by atoms with Crippen LogP contribution in [0.4, 0.5) is 11.4 Å². The smallest absolute Gasteiger partial charge is 0.245 e. The molecule has 5 nitrogen and oxygen atoms in total. The van der Waals surface area contributed by atoms with Crippen LogP contribution in [0.5, 0.6) is 0 Å². The molecule has 0 bridgehead atoms. The van der Waals surface area contributed by atoms with E-state index < -0.39 is 11.0 Å². The van der Waals surface area contributed by atoms with Crippen LogP contribution in [-0.4, -0.2) is 34.9 Å². The second-order valence-corrected chi connectivity index (χ2v) is 8.09. The van der Waals surface area contributed by atoms with Crippen LogP contribution >= 0.6 is 23.4 Å². The molecule has 2 aromatic rings. The van der Waals surface area contributed by atoms with E-state index in [0.717, 1.165) is 16.5 Å². The molecule has 0 aliphatic carbocycles. The first-order chi connectivity index (χ1) is 13.5. The molecule has 7 heteroatoms. The van der Waals surface area contributed by atoms with Gasteiger partial charge in [-0.15, -0.1) is 11.6 Å². The maximum atomic E-state index is 13.1. The molecule has 1 amide bonds. The Balaban J connectivity index is 1.97. The van der Waals surface area contributed by atoms with Crippen molar-refractivity contribution >= 4 is 45.8 Å². The van der Waals surface area contributed by atoms with Crippen LogP contribution in [-0.2, 0) is 4.79 Å². The van der Waals surface area contributed by atoms with Crippen molar-refractivity contribution in [2.75, 3.05) is 22.6 Å². The van der Waals surface area contributed by atoms with Crippen LogP contribution in [0.1, 0.15) is 20.3 Å². The Morgan fingerprint density at radius 1 is 1.21 bits per heavy atom. The van der Waals surface area contributed by atoms with Crippen LogP contribution in [0, 0.1) is 0 Å². The Bertz CT molecular complexity index is 833. The molecule has 0 aromatic heterocycles. The Labute approximate surface area is 175 Å². The van der Waals surface area contributed by atoms with Gasteiger partial charge >= 0.3 is 0 Å². The first kappa shape index (κ1) is 20.6. The Morgan fingerprint density at radius 2 is 1.82 bits per heavy atom. The molecule has 2 aromatic carbocycles. The summed E-state index contributed by atoms with van der Waals surface area (Å²) in [4.78, 5) is 17.0. The maximum absolute atomic E-state index is 13.1. The van der Waals surface area contributed by atoms with Crippen molar-refractivity contribution in [1.82, 2.24) is 5.43 Å². The lowest BCUT2D eigenvalue weighted by Gasteiger charge is -2.40. The molecule has 0 saturated heterocycles. The predicted octanol–water partition coefficient (Wildman–Crippen LogP) is 4.50. The van der Waals surface area contributed by atoms with Gasteiger partial charge in [-0.25, -0.2) is 0 Å². The normalized spacial score (nSPS) is 19.7. The lowest BCUT2D eigenvalue weighted by Crippen LogP contribution is -2.60. The fraction of sp³-hybridized carbons (Fsp3) is 0.333. The number of amidine groups is 1. The van der Waals surface area contributed by atoms with Gasteiger partial charge in [-0.05, 0) is 43.9 Å². The van der Waals surface area contributed by atoms with Gasteiger partial charge in [0.25, 0.3) is 0 Å². The van der Waals surface area contributed by atoms with E-state index in [0.29, 0.717) is 13.0 Å². The van der Waals surface area contributed by atoms with E-state index in [9.17, 15) is 4.79 Å². The van der Waals surface area contributed by atoms with Gasteiger partial charge in [0.2, 0.25) is 5.91 Å². The number of carbonyl (C=O) groups is 1. The van der Waals surface area contributed by atoms with Gasteiger partial charge in [-0.1, -0.05) is 55.1 Å². The Kier molecular flexibility index (Phi) is 6.52. The average molecular weight is 417 g/mol. The molecule has 2 unspecified atom stereocenters. The average Bonchev–Trinajstić information content (AvgIpc) is 3.08. The lowest BCUT2D eigenvalue weighted by molar-refractivity contribution is -0.118. The number of alkyl halides is 1. The number of anilines is 2. The summed E-state index contributed by atoms with van der Waals surface area (Å²) in [6, 6.07) is 19.7. The van der Waals surface area contributed by atoms with Gasteiger partial charge < -0.3 is 4.90 Å².